The summed E-state index contributed by atoms with van der Waals surface area (Å²) in [6.07, 6.45) is 3.52. The van der Waals surface area contributed by atoms with Crippen molar-refractivity contribution in [3.05, 3.63) is 64.7 Å². The average molecular weight is 388 g/mol. The van der Waals surface area contributed by atoms with E-state index < -0.39 is 5.91 Å². The zero-order chi connectivity index (χ0) is 19.5. The molecule has 2 rings (SSSR count). The van der Waals surface area contributed by atoms with Crippen molar-refractivity contribution < 1.29 is 14.3 Å². The first kappa shape index (κ1) is 20.5. The molecule has 2 aromatic carbocycles. The fourth-order valence-corrected chi connectivity index (χ4v) is 2.30. The van der Waals surface area contributed by atoms with Crippen LogP contribution in [0.4, 0.5) is 0 Å². The number of ether oxygens (including phenoxy) is 1. The molecule has 0 unspecified atom stereocenters. The highest BCUT2D eigenvalue weighted by Gasteiger charge is 2.07. The van der Waals surface area contributed by atoms with Gasteiger partial charge in [0.1, 0.15) is 5.75 Å². The number of hydrogen-bond acceptors (Lipinski definition) is 4. The molecule has 142 valence electrons. The highest BCUT2D eigenvalue weighted by molar-refractivity contribution is 6.30. The van der Waals surface area contributed by atoms with Crippen LogP contribution in [0, 0.1) is 0 Å². The maximum Gasteiger partial charge on any atom is 0.259 e. The van der Waals surface area contributed by atoms with Gasteiger partial charge >= 0.3 is 0 Å². The minimum atomic E-state index is -0.429. The molecule has 0 saturated heterocycles. The van der Waals surface area contributed by atoms with Crippen LogP contribution >= 0.6 is 11.6 Å². The van der Waals surface area contributed by atoms with E-state index in [1.807, 2.05) is 0 Å². The summed E-state index contributed by atoms with van der Waals surface area (Å²) in [5, 5.41) is 6.95. The third kappa shape index (κ3) is 7.50. The number of rotatable bonds is 9. The highest BCUT2D eigenvalue weighted by atomic mass is 35.5. The van der Waals surface area contributed by atoms with E-state index in [2.05, 4.69) is 22.8 Å². The summed E-state index contributed by atoms with van der Waals surface area (Å²) in [7, 11) is 0. The van der Waals surface area contributed by atoms with Crippen LogP contribution in [0.3, 0.4) is 0 Å². The lowest BCUT2D eigenvalue weighted by Gasteiger charge is -2.07. The lowest BCUT2D eigenvalue weighted by molar-refractivity contribution is -0.120. The molecule has 6 nitrogen and oxygen atoms in total. The fourth-order valence-electron chi connectivity index (χ4n) is 2.10. The van der Waals surface area contributed by atoms with Gasteiger partial charge in [0, 0.05) is 10.6 Å². The number of benzene rings is 2. The van der Waals surface area contributed by atoms with Crippen LogP contribution < -0.4 is 15.5 Å². The van der Waals surface area contributed by atoms with Crippen molar-refractivity contribution in [2.45, 2.75) is 19.8 Å². The molecule has 27 heavy (non-hydrogen) atoms. The first-order valence-electron chi connectivity index (χ1n) is 8.67. The number of carbonyl (C=O) groups excluding carboxylic acids is 2. The summed E-state index contributed by atoms with van der Waals surface area (Å²) in [4.78, 5) is 23.8. The zero-order valence-corrected chi connectivity index (χ0v) is 15.8. The van der Waals surface area contributed by atoms with Gasteiger partial charge in [-0.1, -0.05) is 37.1 Å². The Balaban J connectivity index is 1.75. The number of amides is 2. The minimum Gasteiger partial charge on any atom is -0.494 e. The zero-order valence-electron chi connectivity index (χ0n) is 15.1. The molecule has 0 saturated carbocycles. The summed E-state index contributed by atoms with van der Waals surface area (Å²) in [6.45, 7) is 2.56. The standard InChI is InChI=1S/C20H22ClN3O3/c1-2-3-11-27-18-9-7-16(8-10-18)20(26)22-14-19(25)24-23-13-15-5-4-6-17(21)12-15/h4-10,12-13H,2-3,11,14H2,1H3,(H,22,26)(H,24,25)/b23-13+. The molecule has 2 aromatic rings. The monoisotopic (exact) mass is 387 g/mol. The SMILES string of the molecule is CCCCOc1ccc(C(=O)NCC(=O)N/N=C/c2cccc(Cl)c2)cc1. The van der Waals surface area contributed by atoms with Crippen molar-refractivity contribution in [1.29, 1.82) is 0 Å². The Morgan fingerprint density at radius 1 is 1.19 bits per heavy atom. The molecular weight excluding hydrogens is 366 g/mol. The quantitative estimate of drug-likeness (QED) is 0.393. The Morgan fingerprint density at radius 3 is 2.67 bits per heavy atom. The number of carbonyl (C=O) groups is 2. The molecule has 0 aliphatic heterocycles. The molecule has 0 heterocycles. The predicted octanol–water partition coefficient (Wildman–Crippen LogP) is 3.40. The summed E-state index contributed by atoms with van der Waals surface area (Å²) in [5.41, 5.74) is 3.56. The summed E-state index contributed by atoms with van der Waals surface area (Å²) in [5.74, 6) is -0.0571. The van der Waals surface area contributed by atoms with Gasteiger partial charge in [-0.25, -0.2) is 5.43 Å². The summed E-state index contributed by atoms with van der Waals surface area (Å²) >= 11 is 5.87. The molecule has 0 atom stereocenters. The van der Waals surface area contributed by atoms with Crippen molar-refractivity contribution in [3.63, 3.8) is 0 Å². The highest BCUT2D eigenvalue weighted by Crippen LogP contribution is 2.12. The second kappa shape index (κ2) is 11.0. The number of hydrazone groups is 1. The number of halogens is 1. The molecule has 2 N–H and O–H groups in total. The van der Waals surface area contributed by atoms with E-state index in [9.17, 15) is 9.59 Å². The molecule has 7 heteroatoms. The first-order chi connectivity index (χ1) is 13.1. The van der Waals surface area contributed by atoms with E-state index in [-0.39, 0.29) is 12.5 Å². The third-order valence-corrected chi connectivity index (χ3v) is 3.78. The van der Waals surface area contributed by atoms with Gasteiger partial charge in [-0.3, -0.25) is 9.59 Å². The van der Waals surface area contributed by atoms with E-state index in [4.69, 9.17) is 16.3 Å². The Morgan fingerprint density at radius 2 is 1.96 bits per heavy atom. The van der Waals surface area contributed by atoms with E-state index in [1.165, 1.54) is 6.21 Å². The molecule has 0 aliphatic carbocycles. The first-order valence-corrected chi connectivity index (χ1v) is 9.05. The molecule has 2 amide bonds. The van der Waals surface area contributed by atoms with Crippen molar-refractivity contribution >= 4 is 29.6 Å². The normalized spacial score (nSPS) is 10.6. The topological polar surface area (TPSA) is 79.8 Å². The largest absolute Gasteiger partial charge is 0.494 e. The van der Waals surface area contributed by atoms with Gasteiger partial charge in [-0.15, -0.1) is 0 Å². The van der Waals surface area contributed by atoms with E-state index in [0.29, 0.717) is 22.9 Å². The van der Waals surface area contributed by atoms with Gasteiger partial charge in [-0.2, -0.15) is 5.10 Å². The van der Waals surface area contributed by atoms with Gasteiger partial charge in [0.15, 0.2) is 0 Å². The summed E-state index contributed by atoms with van der Waals surface area (Å²) < 4.78 is 5.55. The van der Waals surface area contributed by atoms with Crippen LogP contribution in [0.2, 0.25) is 5.02 Å². The lowest BCUT2D eigenvalue weighted by atomic mass is 10.2. The minimum absolute atomic E-state index is 0.180. The molecule has 0 aliphatic rings. The third-order valence-electron chi connectivity index (χ3n) is 3.54. The Bertz CT molecular complexity index is 791. The van der Waals surface area contributed by atoms with Crippen molar-refractivity contribution in [2.75, 3.05) is 13.2 Å². The summed E-state index contributed by atoms with van der Waals surface area (Å²) in [6, 6.07) is 13.8. The fraction of sp³-hybridized carbons (Fsp3) is 0.250. The maximum atomic E-state index is 12.1. The van der Waals surface area contributed by atoms with E-state index >= 15 is 0 Å². The lowest BCUT2D eigenvalue weighted by Crippen LogP contribution is -2.34. The second-order valence-electron chi connectivity index (χ2n) is 5.76. The Kier molecular flexibility index (Phi) is 8.32. The number of hydrogen-bond donors (Lipinski definition) is 2. The maximum absolute atomic E-state index is 12.1. The molecular formula is C20H22ClN3O3. The van der Waals surface area contributed by atoms with Crippen LogP contribution in [0.5, 0.6) is 5.75 Å². The molecule has 0 bridgehead atoms. The van der Waals surface area contributed by atoms with Crippen molar-refractivity contribution in [1.82, 2.24) is 10.7 Å². The van der Waals surface area contributed by atoms with Crippen LogP contribution in [0.1, 0.15) is 35.7 Å². The van der Waals surface area contributed by atoms with Crippen LogP contribution in [0.25, 0.3) is 0 Å². The van der Waals surface area contributed by atoms with Gasteiger partial charge in [0.2, 0.25) is 0 Å². The van der Waals surface area contributed by atoms with E-state index in [0.717, 1.165) is 18.4 Å². The second-order valence-corrected chi connectivity index (χ2v) is 6.19. The van der Waals surface area contributed by atoms with Gasteiger partial charge < -0.3 is 10.1 Å². The molecule has 0 spiro atoms. The van der Waals surface area contributed by atoms with Crippen LogP contribution in [-0.2, 0) is 4.79 Å². The van der Waals surface area contributed by atoms with Gasteiger partial charge in [0.25, 0.3) is 11.8 Å². The molecule has 0 fully saturated rings. The van der Waals surface area contributed by atoms with Gasteiger partial charge in [0.05, 0.1) is 19.4 Å². The number of unbranched alkanes of at least 4 members (excludes halogenated alkanes) is 1. The van der Waals surface area contributed by atoms with E-state index in [1.54, 1.807) is 48.5 Å². The Labute approximate surface area is 163 Å². The smallest absolute Gasteiger partial charge is 0.259 e. The number of nitrogens with zero attached hydrogens (tertiary/aromatic N) is 1. The average Bonchev–Trinajstić information content (AvgIpc) is 2.67. The predicted molar refractivity (Wildman–Crippen MR) is 106 cm³/mol. The molecule has 0 aromatic heterocycles. The van der Waals surface area contributed by atoms with Crippen molar-refractivity contribution in [3.8, 4) is 5.75 Å². The van der Waals surface area contributed by atoms with Crippen molar-refractivity contribution in [2.24, 2.45) is 5.10 Å². The van der Waals surface area contributed by atoms with Crippen LogP contribution in [0.15, 0.2) is 53.6 Å². The van der Waals surface area contributed by atoms with Crippen LogP contribution in [-0.4, -0.2) is 31.2 Å². The molecule has 0 radical (unpaired) electrons. The number of nitrogens with one attached hydrogen (secondary N) is 2. The Hall–Kier alpha value is -2.86. The van der Waals surface area contributed by atoms with Gasteiger partial charge in [-0.05, 0) is 48.4 Å².